The molecule has 0 radical (unpaired) electrons. The molecule has 2 aromatic carbocycles. The Kier molecular flexibility index (Phi) is 7.43. The number of alkyl halides is 3. The van der Waals surface area contributed by atoms with Crippen LogP contribution in [0.4, 0.5) is 13.2 Å². The highest BCUT2D eigenvalue weighted by Gasteiger charge is 2.30. The maximum atomic E-state index is 12.8. The fraction of sp³-hybridized carbons (Fsp3) is 0.350. The Labute approximate surface area is 168 Å². The van der Waals surface area contributed by atoms with Crippen LogP contribution in [0.2, 0.25) is 0 Å². The lowest BCUT2D eigenvalue weighted by Crippen LogP contribution is -2.32. The second-order valence-electron chi connectivity index (χ2n) is 6.45. The first-order chi connectivity index (χ1) is 13.6. The summed E-state index contributed by atoms with van der Waals surface area (Å²) >= 11 is 0. The highest BCUT2D eigenvalue weighted by atomic mass is 32.2. The second kappa shape index (κ2) is 9.41. The lowest BCUT2D eigenvalue weighted by molar-refractivity contribution is -0.137. The molecule has 0 fully saturated rings. The summed E-state index contributed by atoms with van der Waals surface area (Å²) in [5.41, 5.74) is 0.595. The van der Waals surface area contributed by atoms with Gasteiger partial charge in [0.15, 0.2) is 0 Å². The Morgan fingerprint density at radius 3 is 2.28 bits per heavy atom. The lowest BCUT2D eigenvalue weighted by Gasteiger charge is -2.16. The molecule has 1 amide bonds. The third-order valence-corrected chi connectivity index (χ3v) is 6.33. The quantitative estimate of drug-likeness (QED) is 0.651. The smallest absolute Gasteiger partial charge is 0.352 e. The molecule has 0 aromatic heterocycles. The fourth-order valence-electron chi connectivity index (χ4n) is 2.73. The summed E-state index contributed by atoms with van der Waals surface area (Å²) in [7, 11) is -1.78. The van der Waals surface area contributed by atoms with Crippen molar-refractivity contribution in [1.82, 2.24) is 9.62 Å². The Morgan fingerprint density at radius 1 is 1.07 bits per heavy atom. The zero-order chi connectivity index (χ0) is 21.7. The second-order valence-corrected chi connectivity index (χ2v) is 8.82. The first-order valence-corrected chi connectivity index (χ1v) is 10.7. The summed E-state index contributed by atoms with van der Waals surface area (Å²) in [6.07, 6.45) is -3.99. The van der Waals surface area contributed by atoms with E-state index in [0.717, 1.165) is 12.1 Å². The maximum Gasteiger partial charge on any atom is 0.416 e. The van der Waals surface area contributed by atoms with Crippen LogP contribution < -0.4 is 5.32 Å². The Balaban J connectivity index is 2.05. The van der Waals surface area contributed by atoms with E-state index in [1.807, 2.05) is 0 Å². The Hall–Kier alpha value is -2.39. The molecule has 9 heteroatoms. The first kappa shape index (κ1) is 22.9. The molecule has 0 aliphatic rings. The lowest BCUT2D eigenvalue weighted by atomic mass is 9.98. The van der Waals surface area contributed by atoms with Crippen molar-refractivity contribution >= 4 is 15.9 Å². The average Bonchev–Trinajstić information content (AvgIpc) is 2.70. The zero-order valence-electron chi connectivity index (χ0n) is 16.2. The average molecular weight is 428 g/mol. The predicted molar refractivity (Wildman–Crippen MR) is 106 cm³/mol. The number of benzene rings is 2. The van der Waals surface area contributed by atoms with E-state index in [4.69, 9.17) is 0 Å². The first-order valence-electron chi connectivity index (χ1n) is 9.05. The molecule has 1 N–H and O–H groups in total. The van der Waals surface area contributed by atoms with Gasteiger partial charge in [0.25, 0.3) is 5.91 Å². The van der Waals surface area contributed by atoms with Crippen LogP contribution in [-0.2, 0) is 16.2 Å². The Bertz CT molecular complexity index is 942. The summed E-state index contributed by atoms with van der Waals surface area (Å²) in [6, 6.07) is 11.3. The summed E-state index contributed by atoms with van der Waals surface area (Å²) in [5, 5.41) is 2.73. The third kappa shape index (κ3) is 6.04. The Morgan fingerprint density at radius 2 is 1.69 bits per heavy atom. The molecule has 0 unspecified atom stereocenters. The molecule has 0 aliphatic carbocycles. The number of nitrogens with zero attached hydrogens (tertiary/aromatic N) is 1. The third-order valence-electron chi connectivity index (χ3n) is 4.47. The number of nitrogens with one attached hydrogen (secondary N) is 1. The van der Waals surface area contributed by atoms with Crippen LogP contribution in [0.15, 0.2) is 48.5 Å². The minimum absolute atomic E-state index is 0.0103. The van der Waals surface area contributed by atoms with Gasteiger partial charge in [-0.3, -0.25) is 4.79 Å². The van der Waals surface area contributed by atoms with E-state index < -0.39 is 21.8 Å². The fourth-order valence-corrected chi connectivity index (χ4v) is 3.58. The molecule has 0 spiro atoms. The number of rotatable bonds is 8. The van der Waals surface area contributed by atoms with Gasteiger partial charge in [-0.05, 0) is 42.7 Å². The molecule has 5 nitrogen and oxygen atoms in total. The van der Waals surface area contributed by atoms with Gasteiger partial charge in [-0.1, -0.05) is 30.3 Å². The van der Waals surface area contributed by atoms with Crippen LogP contribution in [0.5, 0.6) is 0 Å². The number of amides is 1. The van der Waals surface area contributed by atoms with E-state index in [-0.39, 0.29) is 24.7 Å². The van der Waals surface area contributed by atoms with Crippen LogP contribution in [0, 0.1) is 0 Å². The van der Waals surface area contributed by atoms with E-state index in [9.17, 15) is 26.4 Å². The minimum Gasteiger partial charge on any atom is -0.352 e. The molecule has 0 saturated heterocycles. The van der Waals surface area contributed by atoms with Crippen LogP contribution >= 0.6 is 0 Å². The van der Waals surface area contributed by atoms with Crippen molar-refractivity contribution in [1.29, 1.82) is 0 Å². The van der Waals surface area contributed by atoms with Gasteiger partial charge in [-0.15, -0.1) is 0 Å². The standard InChI is InChI=1S/C20H23F3N2O3S/c1-3-29(27,28)25(2)14-6-13-24-19(26)18-8-5-4-7-17(18)15-9-11-16(12-10-15)20(21,22)23/h4-5,7-12H,3,6,13-14H2,1-2H3,(H,24,26). The number of sulfonamides is 1. The van der Waals surface area contributed by atoms with Crippen molar-refractivity contribution in [3.8, 4) is 11.1 Å². The zero-order valence-corrected chi connectivity index (χ0v) is 17.0. The highest BCUT2D eigenvalue weighted by molar-refractivity contribution is 7.89. The number of carbonyl (C=O) groups is 1. The molecular formula is C20H23F3N2O3S. The summed E-state index contributed by atoms with van der Waals surface area (Å²) in [5.74, 6) is -0.363. The minimum atomic E-state index is -4.42. The number of hydrogen-bond donors (Lipinski definition) is 1. The van der Waals surface area contributed by atoms with Crippen LogP contribution in [0.25, 0.3) is 11.1 Å². The van der Waals surface area contributed by atoms with E-state index in [2.05, 4.69) is 5.32 Å². The normalized spacial score (nSPS) is 12.2. The topological polar surface area (TPSA) is 66.5 Å². The molecule has 2 rings (SSSR count). The van der Waals surface area contributed by atoms with E-state index in [0.29, 0.717) is 23.1 Å². The van der Waals surface area contributed by atoms with E-state index in [1.54, 1.807) is 31.2 Å². The van der Waals surface area contributed by atoms with Gasteiger partial charge in [0.2, 0.25) is 10.0 Å². The van der Waals surface area contributed by atoms with Gasteiger partial charge in [0.05, 0.1) is 11.3 Å². The van der Waals surface area contributed by atoms with Crippen molar-refractivity contribution < 1.29 is 26.4 Å². The molecule has 29 heavy (non-hydrogen) atoms. The van der Waals surface area contributed by atoms with Gasteiger partial charge < -0.3 is 5.32 Å². The van der Waals surface area contributed by atoms with Crippen molar-refractivity contribution in [3.05, 3.63) is 59.7 Å². The molecule has 0 heterocycles. The summed E-state index contributed by atoms with van der Waals surface area (Å²) < 4.78 is 62.9. The summed E-state index contributed by atoms with van der Waals surface area (Å²) in [6.45, 7) is 2.10. The van der Waals surface area contributed by atoms with Crippen molar-refractivity contribution in [2.24, 2.45) is 0 Å². The highest BCUT2D eigenvalue weighted by Crippen LogP contribution is 2.31. The SMILES string of the molecule is CCS(=O)(=O)N(C)CCCNC(=O)c1ccccc1-c1ccc(C(F)(F)F)cc1. The number of carbonyl (C=O) groups excluding carboxylic acids is 1. The molecule has 0 aliphatic heterocycles. The van der Waals surface area contributed by atoms with Gasteiger partial charge in [-0.2, -0.15) is 13.2 Å². The van der Waals surface area contributed by atoms with Gasteiger partial charge in [0.1, 0.15) is 0 Å². The van der Waals surface area contributed by atoms with Gasteiger partial charge in [-0.25, -0.2) is 12.7 Å². The van der Waals surface area contributed by atoms with Crippen molar-refractivity contribution in [2.45, 2.75) is 19.5 Å². The predicted octanol–water partition coefficient (Wildman–Crippen LogP) is 3.77. The van der Waals surface area contributed by atoms with E-state index >= 15 is 0 Å². The molecule has 0 bridgehead atoms. The van der Waals surface area contributed by atoms with E-state index in [1.165, 1.54) is 23.5 Å². The van der Waals surface area contributed by atoms with Crippen molar-refractivity contribution in [3.63, 3.8) is 0 Å². The largest absolute Gasteiger partial charge is 0.416 e. The molecular weight excluding hydrogens is 405 g/mol. The number of halogens is 3. The molecule has 158 valence electrons. The maximum absolute atomic E-state index is 12.8. The van der Waals surface area contributed by atoms with Gasteiger partial charge in [0, 0.05) is 25.7 Å². The monoisotopic (exact) mass is 428 g/mol. The molecule has 0 saturated carbocycles. The summed E-state index contributed by atoms with van der Waals surface area (Å²) in [4.78, 5) is 12.5. The molecule has 0 atom stereocenters. The van der Waals surface area contributed by atoms with Crippen LogP contribution in [0.1, 0.15) is 29.3 Å². The van der Waals surface area contributed by atoms with Crippen LogP contribution in [-0.4, -0.2) is 44.5 Å². The van der Waals surface area contributed by atoms with Crippen LogP contribution in [0.3, 0.4) is 0 Å². The molecule has 2 aromatic rings. The van der Waals surface area contributed by atoms with Gasteiger partial charge >= 0.3 is 6.18 Å². The van der Waals surface area contributed by atoms with Crippen molar-refractivity contribution in [2.75, 3.05) is 25.9 Å². The number of hydrogen-bond acceptors (Lipinski definition) is 3.